The molecule has 0 radical (unpaired) electrons. The Hall–Kier alpha value is -3.65. The molecule has 2 heterocycles. The molecule has 1 fully saturated rings. The Morgan fingerprint density at radius 2 is 2.00 bits per heavy atom. The van der Waals surface area contributed by atoms with Crippen LogP contribution in [-0.2, 0) is 0 Å². The number of carboxylic acids is 1. The van der Waals surface area contributed by atoms with Gasteiger partial charge < -0.3 is 15.7 Å². The van der Waals surface area contributed by atoms with Gasteiger partial charge in [0.15, 0.2) is 17.2 Å². The highest BCUT2D eigenvalue weighted by molar-refractivity contribution is 6.29. The lowest BCUT2D eigenvalue weighted by Crippen LogP contribution is -2.32. The molecule has 1 aliphatic carbocycles. The summed E-state index contributed by atoms with van der Waals surface area (Å²) in [4.78, 5) is 24.3. The fourth-order valence-corrected chi connectivity index (χ4v) is 4.00. The standard InChI is InChI=1S/C23H20ClF3N6O2/c1-11-7-13(12(2)30-14-3-4-17(24)32-19(14)21(34)35)18-15(8-11)31-16(9-28)20(33-18)29-10-22(5-6-22)23(25,26)27/h3-4,7-8,12,30H,5-6,10H2,1-2H3,(H,29,33)(H,34,35)/t12-/m1/s1. The second-order valence-electron chi connectivity index (χ2n) is 8.59. The van der Waals surface area contributed by atoms with Crippen LogP contribution >= 0.6 is 11.6 Å². The second kappa shape index (κ2) is 8.85. The Kier molecular flexibility index (Phi) is 6.19. The molecule has 182 valence electrons. The maximum absolute atomic E-state index is 13.4. The highest BCUT2D eigenvalue weighted by Crippen LogP contribution is 2.57. The van der Waals surface area contributed by atoms with E-state index < -0.39 is 30.1 Å². The third-order valence-electron chi connectivity index (χ3n) is 6.00. The fourth-order valence-electron chi connectivity index (χ4n) is 3.85. The Bertz CT molecular complexity index is 1370. The molecule has 2 aromatic heterocycles. The number of rotatable bonds is 7. The van der Waals surface area contributed by atoms with Crippen molar-refractivity contribution in [3.63, 3.8) is 0 Å². The number of benzene rings is 1. The summed E-state index contributed by atoms with van der Waals surface area (Å²) in [5.74, 6) is -1.30. The third-order valence-corrected chi connectivity index (χ3v) is 6.21. The van der Waals surface area contributed by atoms with Crippen molar-refractivity contribution in [2.45, 2.75) is 38.9 Å². The van der Waals surface area contributed by atoms with Crippen LogP contribution in [-0.4, -0.2) is 38.7 Å². The number of anilines is 2. The number of carboxylic acid groups (broad SMARTS) is 1. The Morgan fingerprint density at radius 3 is 2.60 bits per heavy atom. The van der Waals surface area contributed by atoms with E-state index in [0.717, 1.165) is 5.56 Å². The highest BCUT2D eigenvalue weighted by atomic mass is 35.5. The van der Waals surface area contributed by atoms with Gasteiger partial charge >= 0.3 is 12.1 Å². The van der Waals surface area contributed by atoms with Gasteiger partial charge in [-0.05, 0) is 50.5 Å². The lowest BCUT2D eigenvalue weighted by Gasteiger charge is -2.21. The quantitative estimate of drug-likeness (QED) is 0.361. The number of aromatic carboxylic acids is 1. The van der Waals surface area contributed by atoms with Crippen molar-refractivity contribution in [2.24, 2.45) is 5.41 Å². The molecule has 3 N–H and O–H groups in total. The zero-order valence-electron chi connectivity index (χ0n) is 18.7. The van der Waals surface area contributed by atoms with Gasteiger partial charge in [0.2, 0.25) is 0 Å². The predicted molar refractivity (Wildman–Crippen MR) is 123 cm³/mol. The zero-order chi connectivity index (χ0) is 25.5. The van der Waals surface area contributed by atoms with Crippen molar-refractivity contribution in [2.75, 3.05) is 17.2 Å². The number of pyridine rings is 1. The lowest BCUT2D eigenvalue weighted by atomic mass is 10.0. The molecule has 8 nitrogen and oxygen atoms in total. The number of halogens is 4. The average molecular weight is 505 g/mol. The first-order chi connectivity index (χ1) is 16.4. The molecule has 12 heteroatoms. The van der Waals surface area contributed by atoms with Crippen LogP contribution in [0.25, 0.3) is 11.0 Å². The number of hydrogen-bond donors (Lipinski definition) is 3. The molecule has 0 amide bonds. The Labute approximate surface area is 203 Å². The summed E-state index contributed by atoms with van der Waals surface area (Å²) in [5.41, 5.74) is 0.213. The lowest BCUT2D eigenvalue weighted by molar-refractivity contribution is -0.182. The van der Waals surface area contributed by atoms with E-state index in [1.807, 2.05) is 19.1 Å². The predicted octanol–water partition coefficient (Wildman–Crippen LogP) is 5.48. The van der Waals surface area contributed by atoms with E-state index in [2.05, 4.69) is 25.6 Å². The summed E-state index contributed by atoms with van der Waals surface area (Å²) < 4.78 is 40.1. The molecular formula is C23H20ClF3N6O2. The molecule has 0 bridgehead atoms. The van der Waals surface area contributed by atoms with Crippen molar-refractivity contribution in [3.05, 3.63) is 51.9 Å². The summed E-state index contributed by atoms with van der Waals surface area (Å²) in [6.07, 6.45) is -4.33. The van der Waals surface area contributed by atoms with Crippen LogP contribution in [0, 0.1) is 23.7 Å². The molecule has 1 saturated carbocycles. The number of hydrogen-bond acceptors (Lipinski definition) is 7. The number of nitriles is 1. The van der Waals surface area contributed by atoms with Crippen LogP contribution in [0.15, 0.2) is 24.3 Å². The average Bonchev–Trinajstić information content (AvgIpc) is 3.59. The first-order valence-electron chi connectivity index (χ1n) is 10.6. The second-order valence-corrected chi connectivity index (χ2v) is 8.97. The molecule has 3 aromatic rings. The van der Waals surface area contributed by atoms with Gasteiger partial charge in [-0.15, -0.1) is 0 Å². The monoisotopic (exact) mass is 504 g/mol. The molecule has 0 spiro atoms. The van der Waals surface area contributed by atoms with Crippen molar-refractivity contribution < 1.29 is 23.1 Å². The summed E-state index contributed by atoms with van der Waals surface area (Å²) in [6.45, 7) is 3.19. The minimum Gasteiger partial charge on any atom is -0.476 e. The normalized spacial score (nSPS) is 15.3. The van der Waals surface area contributed by atoms with Gasteiger partial charge in [0.1, 0.15) is 11.2 Å². The molecule has 1 aliphatic rings. The fraction of sp³-hybridized carbons (Fsp3) is 0.348. The van der Waals surface area contributed by atoms with Crippen LogP contribution in [0.4, 0.5) is 24.7 Å². The Morgan fingerprint density at radius 1 is 1.29 bits per heavy atom. The molecule has 1 aromatic carbocycles. The van der Waals surface area contributed by atoms with E-state index in [1.165, 1.54) is 12.1 Å². The van der Waals surface area contributed by atoms with Crippen LogP contribution in [0.3, 0.4) is 0 Å². The van der Waals surface area contributed by atoms with Crippen LogP contribution in [0.5, 0.6) is 0 Å². The summed E-state index contributed by atoms with van der Waals surface area (Å²) in [5, 5.41) is 24.8. The van der Waals surface area contributed by atoms with E-state index >= 15 is 0 Å². The van der Waals surface area contributed by atoms with Crippen LogP contribution < -0.4 is 10.6 Å². The first kappa shape index (κ1) is 24.5. The third kappa shape index (κ3) is 4.79. The van der Waals surface area contributed by atoms with Crippen molar-refractivity contribution in [1.29, 1.82) is 5.26 Å². The Balaban J connectivity index is 1.72. The molecule has 0 saturated heterocycles. The van der Waals surface area contributed by atoms with Gasteiger partial charge in [0, 0.05) is 12.1 Å². The van der Waals surface area contributed by atoms with E-state index in [-0.39, 0.29) is 40.9 Å². The van der Waals surface area contributed by atoms with E-state index in [1.54, 1.807) is 13.0 Å². The minimum atomic E-state index is -4.35. The van der Waals surface area contributed by atoms with Gasteiger partial charge in [-0.25, -0.2) is 19.7 Å². The summed E-state index contributed by atoms with van der Waals surface area (Å²) in [7, 11) is 0. The van der Waals surface area contributed by atoms with E-state index in [4.69, 9.17) is 11.6 Å². The van der Waals surface area contributed by atoms with Crippen LogP contribution in [0.2, 0.25) is 5.15 Å². The number of alkyl halides is 3. The molecule has 0 unspecified atom stereocenters. The smallest absolute Gasteiger partial charge is 0.396 e. The van der Waals surface area contributed by atoms with Gasteiger partial charge in [0.05, 0.1) is 28.2 Å². The van der Waals surface area contributed by atoms with Crippen LogP contribution in [0.1, 0.15) is 53.1 Å². The number of aryl methyl sites for hydroxylation is 1. The minimum absolute atomic E-state index is 0.0127. The molecule has 4 rings (SSSR count). The molecule has 0 aliphatic heterocycles. The zero-order valence-corrected chi connectivity index (χ0v) is 19.4. The maximum atomic E-state index is 13.4. The number of aromatic nitrogens is 3. The molecule has 35 heavy (non-hydrogen) atoms. The highest BCUT2D eigenvalue weighted by Gasteiger charge is 2.63. The van der Waals surface area contributed by atoms with Gasteiger partial charge in [-0.1, -0.05) is 17.7 Å². The number of nitrogens with zero attached hydrogens (tertiary/aromatic N) is 4. The van der Waals surface area contributed by atoms with Gasteiger partial charge in [0.25, 0.3) is 0 Å². The van der Waals surface area contributed by atoms with Crippen molar-refractivity contribution >= 4 is 40.1 Å². The number of fused-ring (bicyclic) bond motifs is 1. The summed E-state index contributed by atoms with van der Waals surface area (Å²) >= 11 is 5.83. The topological polar surface area (TPSA) is 124 Å². The van der Waals surface area contributed by atoms with E-state index in [9.17, 15) is 28.3 Å². The molecule has 1 atom stereocenters. The first-order valence-corrected chi connectivity index (χ1v) is 11.0. The summed E-state index contributed by atoms with van der Waals surface area (Å²) in [6, 6.07) is 7.87. The SMILES string of the molecule is Cc1cc([C@@H](C)Nc2ccc(Cl)nc2C(=O)O)c2nc(NCC3(C(F)(F)F)CC3)c(C#N)nc2c1. The van der Waals surface area contributed by atoms with Crippen molar-refractivity contribution in [1.82, 2.24) is 15.0 Å². The van der Waals surface area contributed by atoms with E-state index in [0.29, 0.717) is 16.6 Å². The largest absolute Gasteiger partial charge is 0.476 e. The van der Waals surface area contributed by atoms with Crippen molar-refractivity contribution in [3.8, 4) is 6.07 Å². The maximum Gasteiger partial charge on any atom is 0.396 e. The van der Waals surface area contributed by atoms with Gasteiger partial charge in [-0.2, -0.15) is 18.4 Å². The number of carbonyl (C=O) groups is 1. The number of nitrogens with one attached hydrogen (secondary N) is 2. The molecular weight excluding hydrogens is 485 g/mol. The van der Waals surface area contributed by atoms with Gasteiger partial charge in [-0.3, -0.25) is 0 Å².